The van der Waals surface area contributed by atoms with Crippen LogP contribution in [-0.2, 0) is 11.0 Å². The maximum atomic E-state index is 12.7. The van der Waals surface area contributed by atoms with Crippen LogP contribution in [0.15, 0.2) is 24.3 Å². The lowest BCUT2D eigenvalue weighted by Gasteiger charge is -2.11. The highest BCUT2D eigenvalue weighted by Crippen LogP contribution is 2.69. The Balaban J connectivity index is 1.46. The molecule has 1 aromatic carbocycles. The fraction of sp³-hybridized carbons (Fsp3) is 0.562. The fourth-order valence-electron chi connectivity index (χ4n) is 4.67. The maximum absolute atomic E-state index is 12.7. The van der Waals surface area contributed by atoms with Crippen molar-refractivity contribution in [1.29, 1.82) is 0 Å². The lowest BCUT2D eigenvalue weighted by molar-refractivity contribution is -0.137. The molecule has 1 N–H and O–H groups in total. The van der Waals surface area contributed by atoms with Gasteiger partial charge in [-0.25, -0.2) is 0 Å². The van der Waals surface area contributed by atoms with Gasteiger partial charge < -0.3 is 5.32 Å². The Kier molecular flexibility index (Phi) is 2.66. The van der Waals surface area contributed by atoms with E-state index in [1.54, 1.807) is 0 Å². The van der Waals surface area contributed by atoms with Gasteiger partial charge in [-0.15, -0.1) is 0 Å². The van der Waals surface area contributed by atoms with E-state index in [0.717, 1.165) is 12.1 Å². The zero-order chi connectivity index (χ0) is 14.8. The normalized spacial score (nSPS) is 36.4. The van der Waals surface area contributed by atoms with Crippen molar-refractivity contribution >= 4 is 11.6 Å². The minimum absolute atomic E-state index is 0.0331. The van der Waals surface area contributed by atoms with Crippen LogP contribution >= 0.6 is 0 Å². The lowest BCUT2D eigenvalue weighted by Crippen LogP contribution is -2.19. The molecule has 0 aromatic heterocycles. The second kappa shape index (κ2) is 4.24. The molecule has 2 nitrogen and oxygen atoms in total. The zero-order valence-electron chi connectivity index (χ0n) is 11.4. The first kappa shape index (κ1) is 13.2. The minimum atomic E-state index is -4.38. The number of alkyl halides is 3. The van der Waals surface area contributed by atoms with E-state index in [1.165, 1.54) is 31.4 Å². The number of carbonyl (C=O) groups is 1. The smallest absolute Gasteiger partial charge is 0.326 e. The van der Waals surface area contributed by atoms with Crippen LogP contribution in [-0.4, -0.2) is 5.91 Å². The summed E-state index contributed by atoms with van der Waals surface area (Å²) < 4.78 is 38.0. The Morgan fingerprint density at radius 2 is 1.81 bits per heavy atom. The van der Waals surface area contributed by atoms with E-state index in [4.69, 9.17) is 0 Å². The molecule has 1 aromatic rings. The van der Waals surface area contributed by atoms with Crippen LogP contribution in [0.4, 0.5) is 18.9 Å². The number of anilines is 1. The average Bonchev–Trinajstić information content (AvgIpc) is 2.87. The van der Waals surface area contributed by atoms with Gasteiger partial charge in [-0.3, -0.25) is 4.79 Å². The number of carbonyl (C=O) groups excluding carboxylic acids is 1. The molecule has 0 heterocycles. The molecule has 4 rings (SSSR count). The van der Waals surface area contributed by atoms with Gasteiger partial charge in [0.25, 0.3) is 0 Å². The molecule has 2 bridgehead atoms. The van der Waals surface area contributed by atoms with Gasteiger partial charge in [-0.1, -0.05) is 6.07 Å². The van der Waals surface area contributed by atoms with Crippen molar-refractivity contribution in [2.75, 3.05) is 5.32 Å². The summed E-state index contributed by atoms with van der Waals surface area (Å²) >= 11 is 0. The number of amides is 1. The Labute approximate surface area is 120 Å². The van der Waals surface area contributed by atoms with E-state index in [1.807, 2.05) is 0 Å². The van der Waals surface area contributed by atoms with Gasteiger partial charge in [-0.05, 0) is 61.1 Å². The van der Waals surface area contributed by atoms with Crippen LogP contribution in [0.5, 0.6) is 0 Å². The van der Waals surface area contributed by atoms with Crippen molar-refractivity contribution in [3.8, 4) is 0 Å². The monoisotopic (exact) mass is 295 g/mol. The summed E-state index contributed by atoms with van der Waals surface area (Å²) in [5, 5.41) is 2.67. The second-order valence-corrected chi connectivity index (χ2v) is 6.58. The number of benzene rings is 1. The summed E-state index contributed by atoms with van der Waals surface area (Å²) in [6.07, 6.45) is -0.684. The maximum Gasteiger partial charge on any atom is 0.416 e. The second-order valence-electron chi connectivity index (χ2n) is 6.58. The molecule has 0 spiro atoms. The quantitative estimate of drug-likeness (QED) is 0.880. The molecular formula is C16H16F3NO. The molecule has 112 valence electrons. The Morgan fingerprint density at radius 1 is 1.14 bits per heavy atom. The highest BCUT2D eigenvalue weighted by atomic mass is 19.4. The molecule has 3 fully saturated rings. The molecule has 0 saturated heterocycles. The summed E-state index contributed by atoms with van der Waals surface area (Å²) in [6, 6.07) is 4.86. The average molecular weight is 295 g/mol. The first-order valence-corrected chi connectivity index (χ1v) is 7.43. The van der Waals surface area contributed by atoms with Crippen molar-refractivity contribution in [2.24, 2.45) is 29.6 Å². The van der Waals surface area contributed by atoms with E-state index in [0.29, 0.717) is 23.7 Å². The molecule has 21 heavy (non-hydrogen) atoms. The van der Waals surface area contributed by atoms with Gasteiger partial charge in [0, 0.05) is 11.6 Å². The molecule has 4 unspecified atom stereocenters. The van der Waals surface area contributed by atoms with Gasteiger partial charge in [0.05, 0.1) is 5.56 Å². The number of halogens is 3. The predicted molar refractivity (Wildman–Crippen MR) is 71.4 cm³/mol. The fourth-order valence-corrected chi connectivity index (χ4v) is 4.67. The number of fused-ring (bicyclic) bond motifs is 5. The SMILES string of the molecule is O=C(Nc1cccc(C(F)(F)F)c1)C1C2C3CCC(C3)C12. The molecule has 1 amide bonds. The van der Waals surface area contributed by atoms with Crippen molar-refractivity contribution in [3.63, 3.8) is 0 Å². The van der Waals surface area contributed by atoms with Gasteiger partial charge in [0.15, 0.2) is 0 Å². The first-order valence-electron chi connectivity index (χ1n) is 7.43. The Hall–Kier alpha value is -1.52. The van der Waals surface area contributed by atoms with Crippen LogP contribution in [0.1, 0.15) is 24.8 Å². The summed E-state index contributed by atoms with van der Waals surface area (Å²) in [7, 11) is 0. The molecule has 0 radical (unpaired) electrons. The molecule has 3 saturated carbocycles. The van der Waals surface area contributed by atoms with Crippen LogP contribution in [0.2, 0.25) is 0 Å². The third-order valence-corrected chi connectivity index (χ3v) is 5.50. The summed E-state index contributed by atoms with van der Waals surface area (Å²) in [4.78, 5) is 12.3. The van der Waals surface area contributed by atoms with Crippen molar-refractivity contribution in [3.05, 3.63) is 29.8 Å². The highest BCUT2D eigenvalue weighted by Gasteiger charge is 2.67. The predicted octanol–water partition coefficient (Wildman–Crippen LogP) is 3.94. The highest BCUT2D eigenvalue weighted by molar-refractivity contribution is 5.95. The Bertz CT molecular complexity index is 581. The number of hydrogen-bond acceptors (Lipinski definition) is 1. The standard InChI is InChI=1S/C16H16F3NO/c17-16(18,19)10-2-1-3-11(7-10)20-15(21)14-12-8-4-5-9(6-8)13(12)14/h1-3,7-9,12-14H,4-6H2,(H,20,21). The van der Waals surface area contributed by atoms with E-state index in [2.05, 4.69) is 5.32 Å². The molecule has 0 aliphatic heterocycles. The third kappa shape index (κ3) is 2.05. The van der Waals surface area contributed by atoms with Crippen LogP contribution in [0, 0.1) is 29.6 Å². The summed E-state index contributed by atoms with van der Waals surface area (Å²) in [5.74, 6) is 2.28. The van der Waals surface area contributed by atoms with Crippen molar-refractivity contribution < 1.29 is 18.0 Å². The van der Waals surface area contributed by atoms with Crippen LogP contribution in [0.3, 0.4) is 0 Å². The molecule has 4 atom stereocenters. The van der Waals surface area contributed by atoms with Crippen LogP contribution in [0.25, 0.3) is 0 Å². The van der Waals surface area contributed by atoms with Gasteiger partial charge >= 0.3 is 6.18 Å². The molecule has 3 aliphatic carbocycles. The van der Waals surface area contributed by atoms with Crippen LogP contribution < -0.4 is 5.32 Å². The number of hydrogen-bond donors (Lipinski definition) is 1. The van der Waals surface area contributed by atoms with Gasteiger partial charge in [0.1, 0.15) is 0 Å². The van der Waals surface area contributed by atoms with Gasteiger partial charge in [0.2, 0.25) is 5.91 Å². The first-order chi connectivity index (χ1) is 9.95. The molecular weight excluding hydrogens is 279 g/mol. The van der Waals surface area contributed by atoms with E-state index < -0.39 is 11.7 Å². The van der Waals surface area contributed by atoms with Crippen molar-refractivity contribution in [1.82, 2.24) is 0 Å². The topological polar surface area (TPSA) is 29.1 Å². The largest absolute Gasteiger partial charge is 0.416 e. The summed E-state index contributed by atoms with van der Waals surface area (Å²) in [6.45, 7) is 0. The van der Waals surface area contributed by atoms with E-state index in [9.17, 15) is 18.0 Å². The van der Waals surface area contributed by atoms with E-state index >= 15 is 0 Å². The molecule has 5 heteroatoms. The van der Waals surface area contributed by atoms with Crippen molar-refractivity contribution in [2.45, 2.75) is 25.4 Å². The minimum Gasteiger partial charge on any atom is -0.326 e. The zero-order valence-corrected chi connectivity index (χ0v) is 11.4. The number of rotatable bonds is 2. The van der Waals surface area contributed by atoms with E-state index in [-0.39, 0.29) is 17.5 Å². The lowest BCUT2D eigenvalue weighted by atomic mass is 10.0. The van der Waals surface area contributed by atoms with Gasteiger partial charge in [-0.2, -0.15) is 13.2 Å². The Morgan fingerprint density at radius 3 is 2.43 bits per heavy atom. The summed E-state index contributed by atoms with van der Waals surface area (Å²) in [5.41, 5.74) is -0.483. The third-order valence-electron chi connectivity index (χ3n) is 5.50. The molecule has 3 aliphatic rings. The number of nitrogens with one attached hydrogen (secondary N) is 1.